The first-order chi connectivity index (χ1) is 11.7. The molecular weight excluding hydrogens is 360 g/mol. The number of nitrogens with two attached hydrogens (primary N) is 1. The Morgan fingerprint density at radius 1 is 1.00 bits per heavy atom. The molecule has 0 aromatic heterocycles. The number of hydrogen-bond acceptors (Lipinski definition) is 4. The minimum atomic E-state index is -3.96. The summed E-state index contributed by atoms with van der Waals surface area (Å²) in [5, 5.41) is 5.12. The van der Waals surface area contributed by atoms with E-state index in [9.17, 15) is 16.8 Å². The summed E-state index contributed by atoms with van der Waals surface area (Å²) in [4.78, 5) is -0.266. The van der Waals surface area contributed by atoms with Crippen LogP contribution in [0.25, 0.3) is 0 Å². The zero-order valence-corrected chi connectivity index (χ0v) is 15.4. The van der Waals surface area contributed by atoms with Crippen LogP contribution in [-0.2, 0) is 20.0 Å². The minimum absolute atomic E-state index is 0.0574. The molecule has 1 aliphatic heterocycles. The summed E-state index contributed by atoms with van der Waals surface area (Å²) in [5.74, 6) is 0. The molecule has 0 saturated carbocycles. The van der Waals surface area contributed by atoms with Crippen molar-refractivity contribution in [2.45, 2.75) is 35.6 Å². The van der Waals surface area contributed by atoms with Crippen LogP contribution in [-0.4, -0.2) is 27.7 Å². The highest BCUT2D eigenvalue weighted by atomic mass is 32.2. The van der Waals surface area contributed by atoms with Gasteiger partial charge in [-0.25, -0.2) is 22.0 Å². The topological polar surface area (TPSA) is 97.5 Å². The third-order valence-electron chi connectivity index (χ3n) is 4.41. The second kappa shape index (κ2) is 6.53. The second-order valence-corrected chi connectivity index (χ2v) is 9.66. The molecule has 1 atom stereocenters. The van der Waals surface area contributed by atoms with E-state index in [2.05, 4.69) is 0 Å². The lowest BCUT2D eigenvalue weighted by atomic mass is 10.0. The standard InChI is InChI=1S/C17H20N2O4S2/c1-13-7-9-14(10-8-13)17-6-3-11-19(17)25(22,23)16-5-2-4-15(12-16)24(18,20)21/h2,4-5,7-10,12,17H,3,6,11H2,1H3,(H2,18,20,21)/t17-/m0/s1. The molecule has 6 nitrogen and oxygen atoms in total. The van der Waals surface area contributed by atoms with Crippen LogP contribution in [0.1, 0.15) is 30.0 Å². The smallest absolute Gasteiger partial charge is 0.225 e. The van der Waals surface area contributed by atoms with E-state index in [1.54, 1.807) is 0 Å². The molecule has 0 aliphatic carbocycles. The Balaban J connectivity index is 2.00. The van der Waals surface area contributed by atoms with E-state index in [-0.39, 0.29) is 15.8 Å². The van der Waals surface area contributed by atoms with Crippen LogP contribution in [0.15, 0.2) is 58.3 Å². The molecule has 8 heteroatoms. The molecule has 0 unspecified atom stereocenters. The SMILES string of the molecule is Cc1ccc([C@@H]2CCCN2S(=O)(=O)c2cccc(S(N)(=O)=O)c2)cc1. The monoisotopic (exact) mass is 380 g/mol. The fraction of sp³-hybridized carbons (Fsp3) is 0.294. The fourth-order valence-corrected chi connectivity index (χ4v) is 5.46. The molecule has 1 saturated heterocycles. The Labute approximate surface area is 148 Å². The van der Waals surface area contributed by atoms with Crippen LogP contribution in [0.2, 0.25) is 0 Å². The number of benzene rings is 2. The summed E-state index contributed by atoms with van der Waals surface area (Å²) in [6, 6.07) is 12.7. The van der Waals surface area contributed by atoms with Crippen LogP contribution in [0, 0.1) is 6.92 Å². The number of nitrogens with zero attached hydrogens (tertiary/aromatic N) is 1. The quantitative estimate of drug-likeness (QED) is 0.879. The van der Waals surface area contributed by atoms with Gasteiger partial charge in [0.25, 0.3) is 0 Å². The molecule has 1 fully saturated rings. The summed E-state index contributed by atoms with van der Waals surface area (Å²) >= 11 is 0. The summed E-state index contributed by atoms with van der Waals surface area (Å²) in [6.45, 7) is 2.38. The van der Waals surface area contributed by atoms with Gasteiger partial charge in [-0.15, -0.1) is 0 Å². The number of rotatable bonds is 4. The van der Waals surface area contributed by atoms with Gasteiger partial charge in [-0.05, 0) is 43.5 Å². The third-order valence-corrected chi connectivity index (χ3v) is 7.22. The lowest BCUT2D eigenvalue weighted by Crippen LogP contribution is -2.31. The van der Waals surface area contributed by atoms with Crippen molar-refractivity contribution >= 4 is 20.0 Å². The van der Waals surface area contributed by atoms with Gasteiger partial charge in [0.05, 0.1) is 15.8 Å². The Bertz CT molecular complexity index is 984. The highest BCUT2D eigenvalue weighted by molar-refractivity contribution is 7.90. The maximum Gasteiger partial charge on any atom is 0.243 e. The van der Waals surface area contributed by atoms with Crippen LogP contribution >= 0.6 is 0 Å². The van der Waals surface area contributed by atoms with E-state index < -0.39 is 20.0 Å². The molecule has 3 rings (SSSR count). The molecule has 2 N–H and O–H groups in total. The van der Waals surface area contributed by atoms with Crippen molar-refractivity contribution in [3.8, 4) is 0 Å². The zero-order valence-electron chi connectivity index (χ0n) is 13.8. The molecule has 25 heavy (non-hydrogen) atoms. The average molecular weight is 380 g/mol. The molecule has 1 aliphatic rings. The van der Waals surface area contributed by atoms with E-state index in [1.165, 1.54) is 22.5 Å². The second-order valence-electron chi connectivity index (χ2n) is 6.20. The normalized spacial score (nSPS) is 19.2. The van der Waals surface area contributed by atoms with Gasteiger partial charge in [-0.2, -0.15) is 4.31 Å². The molecule has 1 heterocycles. The predicted molar refractivity (Wildman–Crippen MR) is 94.9 cm³/mol. The first kappa shape index (κ1) is 18.1. The van der Waals surface area contributed by atoms with E-state index in [0.29, 0.717) is 6.54 Å². The van der Waals surface area contributed by atoms with Gasteiger partial charge in [0, 0.05) is 6.54 Å². The van der Waals surface area contributed by atoms with Gasteiger partial charge < -0.3 is 0 Å². The maximum atomic E-state index is 13.1. The predicted octanol–water partition coefficient (Wildman–Crippen LogP) is 2.17. The van der Waals surface area contributed by atoms with Crippen molar-refractivity contribution < 1.29 is 16.8 Å². The molecular formula is C17H20N2O4S2. The summed E-state index contributed by atoms with van der Waals surface area (Å²) < 4.78 is 50.6. The van der Waals surface area contributed by atoms with Gasteiger partial charge in [0.1, 0.15) is 0 Å². The minimum Gasteiger partial charge on any atom is -0.225 e. The highest BCUT2D eigenvalue weighted by Gasteiger charge is 2.36. The number of sulfonamides is 2. The average Bonchev–Trinajstić information content (AvgIpc) is 3.05. The largest absolute Gasteiger partial charge is 0.243 e. The van der Waals surface area contributed by atoms with Gasteiger partial charge in [0.15, 0.2) is 0 Å². The maximum absolute atomic E-state index is 13.1. The first-order valence-electron chi connectivity index (χ1n) is 7.91. The molecule has 2 aromatic rings. The van der Waals surface area contributed by atoms with Crippen molar-refractivity contribution in [3.05, 3.63) is 59.7 Å². The van der Waals surface area contributed by atoms with E-state index >= 15 is 0 Å². The molecule has 134 valence electrons. The summed E-state index contributed by atoms with van der Waals surface area (Å²) in [5.41, 5.74) is 2.05. The van der Waals surface area contributed by atoms with Crippen LogP contribution in [0.4, 0.5) is 0 Å². The van der Waals surface area contributed by atoms with Crippen molar-refractivity contribution in [1.82, 2.24) is 4.31 Å². The lowest BCUT2D eigenvalue weighted by Gasteiger charge is -2.24. The lowest BCUT2D eigenvalue weighted by molar-refractivity contribution is 0.396. The van der Waals surface area contributed by atoms with Gasteiger partial charge >= 0.3 is 0 Å². The van der Waals surface area contributed by atoms with Crippen molar-refractivity contribution in [2.24, 2.45) is 5.14 Å². The number of hydrogen-bond donors (Lipinski definition) is 1. The van der Waals surface area contributed by atoms with Crippen molar-refractivity contribution in [1.29, 1.82) is 0 Å². The Kier molecular flexibility index (Phi) is 4.72. The number of primary sulfonamides is 1. The van der Waals surface area contributed by atoms with E-state index in [1.807, 2.05) is 31.2 Å². The van der Waals surface area contributed by atoms with Crippen molar-refractivity contribution in [2.75, 3.05) is 6.54 Å². The van der Waals surface area contributed by atoms with Gasteiger partial charge in [0.2, 0.25) is 20.0 Å². The van der Waals surface area contributed by atoms with E-state index in [0.717, 1.165) is 30.0 Å². The highest BCUT2D eigenvalue weighted by Crippen LogP contribution is 2.36. The fourth-order valence-electron chi connectivity index (χ4n) is 3.10. The van der Waals surface area contributed by atoms with Crippen LogP contribution in [0.5, 0.6) is 0 Å². The van der Waals surface area contributed by atoms with Gasteiger partial charge in [-0.3, -0.25) is 0 Å². The number of aryl methyl sites for hydroxylation is 1. The Hall–Kier alpha value is -1.74. The molecule has 0 radical (unpaired) electrons. The zero-order chi connectivity index (χ0) is 18.2. The van der Waals surface area contributed by atoms with Crippen molar-refractivity contribution in [3.63, 3.8) is 0 Å². The van der Waals surface area contributed by atoms with E-state index in [4.69, 9.17) is 5.14 Å². The molecule has 2 aromatic carbocycles. The third kappa shape index (κ3) is 3.62. The Morgan fingerprint density at radius 3 is 2.28 bits per heavy atom. The summed E-state index contributed by atoms with van der Waals surface area (Å²) in [7, 11) is -7.78. The van der Waals surface area contributed by atoms with Gasteiger partial charge in [-0.1, -0.05) is 35.9 Å². The van der Waals surface area contributed by atoms with Crippen LogP contribution in [0.3, 0.4) is 0 Å². The summed E-state index contributed by atoms with van der Waals surface area (Å²) in [6.07, 6.45) is 1.49. The Morgan fingerprint density at radius 2 is 1.64 bits per heavy atom. The first-order valence-corrected chi connectivity index (χ1v) is 10.9. The van der Waals surface area contributed by atoms with Crippen LogP contribution < -0.4 is 5.14 Å². The molecule has 0 amide bonds. The molecule has 0 bridgehead atoms. The molecule has 0 spiro atoms.